The number of alkyl halides is 1. The van der Waals surface area contributed by atoms with Crippen molar-refractivity contribution in [2.45, 2.75) is 65.9 Å². The normalized spacial score (nSPS) is 43.4. The third kappa shape index (κ3) is 2.90. The van der Waals surface area contributed by atoms with E-state index >= 15 is 0 Å². The molecule has 0 heterocycles. The van der Waals surface area contributed by atoms with Gasteiger partial charge in [-0.3, -0.25) is 14.4 Å². The summed E-state index contributed by atoms with van der Waals surface area (Å²) in [5.74, 6) is 0.0566. The molecule has 0 amide bonds. The topological polar surface area (TPSA) is 60.4 Å². The van der Waals surface area contributed by atoms with Crippen molar-refractivity contribution in [1.82, 2.24) is 0 Å². The fourth-order valence-corrected chi connectivity index (χ4v) is 7.67. The van der Waals surface area contributed by atoms with Crippen LogP contribution in [0, 0.1) is 34.5 Å². The second kappa shape index (κ2) is 7.43. The highest BCUT2D eigenvalue weighted by atomic mass is 35.5. The zero-order chi connectivity index (χ0) is 22.8. The Morgan fingerprint density at radius 1 is 1.19 bits per heavy atom. The van der Waals surface area contributed by atoms with E-state index in [4.69, 9.17) is 16.3 Å². The van der Waals surface area contributed by atoms with Crippen LogP contribution in [0.15, 0.2) is 35.5 Å². The molecule has 0 bridgehead atoms. The van der Waals surface area contributed by atoms with Gasteiger partial charge in [0.25, 0.3) is 0 Å². The van der Waals surface area contributed by atoms with E-state index in [2.05, 4.69) is 32.9 Å². The van der Waals surface area contributed by atoms with Crippen LogP contribution in [0.2, 0.25) is 0 Å². The van der Waals surface area contributed by atoms with Crippen molar-refractivity contribution in [3.63, 3.8) is 0 Å². The van der Waals surface area contributed by atoms with Crippen molar-refractivity contribution in [3.8, 4) is 0 Å². The van der Waals surface area contributed by atoms with Gasteiger partial charge in [-0.25, -0.2) is 0 Å². The van der Waals surface area contributed by atoms with Crippen molar-refractivity contribution in [1.29, 1.82) is 0 Å². The maximum Gasteiger partial charge on any atom is 0.306 e. The summed E-state index contributed by atoms with van der Waals surface area (Å²) < 4.78 is 6.07. The largest absolute Gasteiger partial charge is 0.450 e. The molecule has 7 atom stereocenters. The molecule has 0 spiro atoms. The second-order valence-electron chi connectivity index (χ2n) is 10.4. The number of allylic oxidation sites excluding steroid dienone is 6. The molecule has 0 aromatic heterocycles. The van der Waals surface area contributed by atoms with Gasteiger partial charge in [0.1, 0.15) is 0 Å². The number of hydrogen-bond acceptors (Lipinski definition) is 4. The molecule has 0 aliphatic heterocycles. The number of ether oxygens (including phenoxy) is 1. The summed E-state index contributed by atoms with van der Waals surface area (Å²) in [6, 6.07) is 0. The average molecular weight is 445 g/mol. The lowest BCUT2D eigenvalue weighted by atomic mass is 9.49. The van der Waals surface area contributed by atoms with Crippen LogP contribution < -0.4 is 0 Å². The Kier molecular flexibility index (Phi) is 5.40. The van der Waals surface area contributed by atoms with Crippen LogP contribution in [-0.2, 0) is 19.1 Å². The minimum absolute atomic E-state index is 0.0618. The molecular weight excluding hydrogens is 412 g/mol. The molecule has 0 radical (unpaired) electrons. The lowest BCUT2D eigenvalue weighted by Crippen LogP contribution is -2.59. The molecule has 0 aromatic rings. The lowest BCUT2D eigenvalue weighted by Gasteiger charge is -2.55. The van der Waals surface area contributed by atoms with E-state index in [1.54, 1.807) is 13.0 Å². The molecule has 4 aliphatic carbocycles. The number of hydrogen-bond donors (Lipinski definition) is 0. The number of carbonyl (C=O) groups is 3. The van der Waals surface area contributed by atoms with Gasteiger partial charge in [-0.1, -0.05) is 45.4 Å². The molecule has 4 nitrogen and oxygen atoms in total. The zero-order valence-electron chi connectivity index (χ0n) is 19.2. The number of carbonyl (C=O) groups excluding carboxylic acids is 3. The zero-order valence-corrected chi connectivity index (χ0v) is 19.9. The van der Waals surface area contributed by atoms with Gasteiger partial charge < -0.3 is 4.74 Å². The minimum atomic E-state index is -1.19. The molecule has 0 N–H and O–H groups in total. The monoisotopic (exact) mass is 444 g/mol. The standard InChI is InChI=1S/C26H33ClO4/c1-6-23(30)31-26(22(29)14-27)16(3)12-21-18-11-15(2)20-13-17(28)7-9-24(20,4)19(18)8-10-25(21,26)5/h7-9,13,15-16,18,21H,6,10-12,14H2,1-5H3/t15-,16-,18+,21-,24+,25-,26-/m0/s1. The van der Waals surface area contributed by atoms with Crippen LogP contribution in [0.1, 0.15) is 60.3 Å². The highest BCUT2D eigenvalue weighted by molar-refractivity contribution is 6.29. The van der Waals surface area contributed by atoms with Gasteiger partial charge in [-0.2, -0.15) is 0 Å². The Morgan fingerprint density at radius 3 is 2.55 bits per heavy atom. The SMILES string of the molecule is CCC(=O)O[C@]1(C(=O)CCl)[C@@H](C)C[C@H]2[C@@H]3C[C@H](C)C4=CC(=O)C=C[C@]4(C)C3=CC[C@@]21C. The predicted octanol–water partition coefficient (Wildman–Crippen LogP) is 5.21. The third-order valence-electron chi connectivity index (χ3n) is 8.92. The van der Waals surface area contributed by atoms with Gasteiger partial charge in [0.05, 0.1) is 5.88 Å². The summed E-state index contributed by atoms with van der Waals surface area (Å²) in [5, 5.41) is 0. The first-order chi connectivity index (χ1) is 14.5. The number of esters is 1. The van der Waals surface area contributed by atoms with Crippen LogP contribution in [0.5, 0.6) is 0 Å². The Balaban J connectivity index is 1.84. The Bertz CT molecular complexity index is 930. The summed E-state index contributed by atoms with van der Waals surface area (Å²) in [4.78, 5) is 37.9. The van der Waals surface area contributed by atoms with Gasteiger partial charge in [0, 0.05) is 23.2 Å². The second-order valence-corrected chi connectivity index (χ2v) is 10.7. The van der Waals surface area contributed by atoms with Crippen molar-refractivity contribution in [2.75, 3.05) is 5.88 Å². The van der Waals surface area contributed by atoms with Gasteiger partial charge in [-0.05, 0) is 61.7 Å². The summed E-state index contributed by atoms with van der Waals surface area (Å²) >= 11 is 6.09. The predicted molar refractivity (Wildman–Crippen MR) is 121 cm³/mol. The van der Waals surface area contributed by atoms with Gasteiger partial charge in [-0.15, -0.1) is 11.6 Å². The molecule has 4 aliphatic rings. The Morgan fingerprint density at radius 2 is 1.90 bits per heavy atom. The molecule has 0 unspecified atom stereocenters. The highest BCUT2D eigenvalue weighted by Crippen LogP contribution is 2.68. The maximum absolute atomic E-state index is 13.3. The smallest absolute Gasteiger partial charge is 0.306 e. The van der Waals surface area contributed by atoms with Crippen molar-refractivity contribution < 1.29 is 19.1 Å². The van der Waals surface area contributed by atoms with Crippen LogP contribution in [-0.4, -0.2) is 29.0 Å². The van der Waals surface area contributed by atoms with E-state index in [-0.39, 0.29) is 58.9 Å². The number of ketones is 2. The molecule has 2 saturated carbocycles. The lowest BCUT2D eigenvalue weighted by molar-refractivity contribution is -0.187. The minimum Gasteiger partial charge on any atom is -0.450 e. The Hall–Kier alpha value is -1.68. The van der Waals surface area contributed by atoms with Crippen molar-refractivity contribution in [2.24, 2.45) is 34.5 Å². The fraction of sp³-hybridized carbons (Fsp3) is 0.654. The molecule has 168 valence electrons. The van der Waals surface area contributed by atoms with Crippen LogP contribution >= 0.6 is 11.6 Å². The van der Waals surface area contributed by atoms with Crippen LogP contribution in [0.3, 0.4) is 0 Å². The fourth-order valence-electron chi connectivity index (χ4n) is 7.47. The van der Waals surface area contributed by atoms with Crippen molar-refractivity contribution in [3.05, 3.63) is 35.5 Å². The summed E-state index contributed by atoms with van der Waals surface area (Å²) in [5.41, 5.74) is 0.600. The van der Waals surface area contributed by atoms with E-state index in [1.165, 1.54) is 11.1 Å². The van der Waals surface area contributed by atoms with Gasteiger partial charge >= 0.3 is 5.97 Å². The number of fused-ring (bicyclic) bond motifs is 5. The molecule has 4 rings (SSSR count). The van der Waals surface area contributed by atoms with E-state index in [0.717, 1.165) is 12.8 Å². The quantitative estimate of drug-likeness (QED) is 0.339. The summed E-state index contributed by atoms with van der Waals surface area (Å²) in [6.45, 7) is 10.3. The first-order valence-corrected chi connectivity index (χ1v) is 12.1. The first-order valence-electron chi connectivity index (χ1n) is 11.5. The summed E-state index contributed by atoms with van der Waals surface area (Å²) in [6.07, 6.45) is 10.5. The van der Waals surface area contributed by atoms with Gasteiger partial charge in [0.2, 0.25) is 0 Å². The first kappa shape index (κ1) is 22.5. The average Bonchev–Trinajstić information content (AvgIpc) is 2.96. The summed E-state index contributed by atoms with van der Waals surface area (Å²) in [7, 11) is 0. The molecule has 0 saturated heterocycles. The number of halogens is 1. The molecule has 0 aromatic carbocycles. The third-order valence-corrected chi connectivity index (χ3v) is 9.16. The molecular formula is C26H33ClO4. The molecule has 5 heteroatoms. The van der Waals surface area contributed by atoms with Crippen LogP contribution in [0.25, 0.3) is 0 Å². The Labute approximate surface area is 190 Å². The van der Waals surface area contributed by atoms with E-state index in [1.807, 2.05) is 13.0 Å². The van der Waals surface area contributed by atoms with Gasteiger partial charge in [0.15, 0.2) is 17.2 Å². The number of Topliss-reactive ketones (excluding diaryl/α,β-unsaturated/α-hetero) is 1. The van der Waals surface area contributed by atoms with E-state index in [9.17, 15) is 14.4 Å². The van der Waals surface area contributed by atoms with Crippen LogP contribution in [0.4, 0.5) is 0 Å². The molecule has 2 fully saturated rings. The van der Waals surface area contributed by atoms with E-state index in [0.29, 0.717) is 6.42 Å². The van der Waals surface area contributed by atoms with E-state index < -0.39 is 11.0 Å². The van der Waals surface area contributed by atoms with Crippen molar-refractivity contribution >= 4 is 29.1 Å². The molecule has 31 heavy (non-hydrogen) atoms. The maximum atomic E-state index is 13.3. The number of rotatable bonds is 4. The highest BCUT2D eigenvalue weighted by Gasteiger charge is 2.70.